The van der Waals surface area contributed by atoms with Crippen LogP contribution < -0.4 is 0 Å². The van der Waals surface area contributed by atoms with Crippen LogP contribution in [0.4, 0.5) is 0 Å². The topological polar surface area (TPSA) is 86.7 Å². The lowest BCUT2D eigenvalue weighted by molar-refractivity contribution is -0.247. The molecule has 0 bridgehead atoms. The Hall–Kier alpha value is -2.00. The van der Waals surface area contributed by atoms with Crippen molar-refractivity contribution in [2.45, 2.75) is 135 Å². The molecule has 0 N–H and O–H groups in total. The third-order valence-electron chi connectivity index (χ3n) is 16.5. The highest BCUT2D eigenvalue weighted by Gasteiger charge is 2.71. The summed E-state index contributed by atoms with van der Waals surface area (Å²) in [5, 5.41) is 0. The van der Waals surface area contributed by atoms with E-state index in [2.05, 4.69) is 48.1 Å². The summed E-state index contributed by atoms with van der Waals surface area (Å²) in [6, 6.07) is 14.0. The van der Waals surface area contributed by atoms with E-state index in [1.165, 1.54) is 5.57 Å². The van der Waals surface area contributed by atoms with E-state index in [0.717, 1.165) is 75.3 Å². The molecule has 0 spiro atoms. The summed E-state index contributed by atoms with van der Waals surface area (Å²) >= 11 is 0. The van der Waals surface area contributed by atoms with Crippen molar-refractivity contribution in [2.24, 2.45) is 56.7 Å². The van der Waals surface area contributed by atoms with Crippen molar-refractivity contribution in [3.63, 3.8) is 0 Å². The molecule has 0 amide bonds. The summed E-state index contributed by atoms with van der Waals surface area (Å²) in [5.74, 6) is 2.04. The van der Waals surface area contributed by atoms with Gasteiger partial charge in [0.2, 0.25) is 0 Å². The molecule has 6 unspecified atom stereocenters. The highest BCUT2D eigenvalue weighted by Crippen LogP contribution is 2.77. The van der Waals surface area contributed by atoms with Gasteiger partial charge in [-0.2, -0.15) is 16.8 Å². The van der Waals surface area contributed by atoms with Crippen molar-refractivity contribution in [3.05, 3.63) is 71.8 Å². The van der Waals surface area contributed by atoms with Crippen LogP contribution in [0.25, 0.3) is 0 Å². The van der Waals surface area contributed by atoms with Crippen LogP contribution in [0.15, 0.2) is 70.5 Å². The number of benzene rings is 2. The maximum Gasteiger partial charge on any atom is 0.297 e. The largest absolute Gasteiger partial charge is 0.297 e. The van der Waals surface area contributed by atoms with Gasteiger partial charge in [0.05, 0.1) is 22.5 Å². The Morgan fingerprint density at radius 1 is 0.692 bits per heavy atom. The average Bonchev–Trinajstić information content (AvgIpc) is 3.46. The Morgan fingerprint density at radius 2 is 1.29 bits per heavy atom. The zero-order valence-corrected chi connectivity index (χ0v) is 34.5. The predicted octanol–water partition coefficient (Wildman–Crippen LogP) is 10.4. The molecule has 0 saturated heterocycles. The van der Waals surface area contributed by atoms with Gasteiger partial charge in [-0.25, -0.2) is 0 Å². The second-order valence-electron chi connectivity index (χ2n) is 19.3. The zero-order chi connectivity index (χ0) is 37.7. The molecule has 7 rings (SSSR count). The Morgan fingerprint density at radius 3 is 1.88 bits per heavy atom. The summed E-state index contributed by atoms with van der Waals surface area (Å²) in [6.45, 7) is 23.1. The summed E-state index contributed by atoms with van der Waals surface area (Å²) in [7, 11) is -7.75. The van der Waals surface area contributed by atoms with Gasteiger partial charge in [-0.05, 0) is 166 Å². The zero-order valence-electron chi connectivity index (χ0n) is 32.8. The third-order valence-corrected chi connectivity index (χ3v) is 19.2. The lowest BCUT2D eigenvalue weighted by Crippen LogP contribution is -2.67. The van der Waals surface area contributed by atoms with Crippen LogP contribution in [-0.2, 0) is 28.6 Å². The fourth-order valence-corrected chi connectivity index (χ4v) is 15.8. The van der Waals surface area contributed by atoms with E-state index in [1.54, 1.807) is 24.3 Å². The lowest BCUT2D eigenvalue weighted by Gasteiger charge is -2.73. The van der Waals surface area contributed by atoms with Crippen molar-refractivity contribution in [1.29, 1.82) is 0 Å². The molecule has 6 nitrogen and oxygen atoms in total. The molecule has 286 valence electrons. The molecular weight excluding hydrogens is 689 g/mol. The fourth-order valence-electron chi connectivity index (χ4n) is 13.6. The summed E-state index contributed by atoms with van der Waals surface area (Å²) in [4.78, 5) is 0.464. The second-order valence-corrected chi connectivity index (χ2v) is 22.5. The van der Waals surface area contributed by atoms with E-state index in [9.17, 15) is 16.8 Å². The first-order chi connectivity index (χ1) is 24.2. The Kier molecular flexibility index (Phi) is 9.41. The van der Waals surface area contributed by atoms with Crippen molar-refractivity contribution in [1.82, 2.24) is 0 Å². The molecule has 0 aliphatic heterocycles. The maximum absolute atomic E-state index is 13.5. The summed E-state index contributed by atoms with van der Waals surface area (Å²) < 4.78 is 66.2. The van der Waals surface area contributed by atoms with Crippen LogP contribution in [0, 0.1) is 70.5 Å². The standard InChI is InChI=1S/C44H62O6S2/c1-29(2)34-20-25-44(28-49-51(45,46)32-14-10-30(3)11-15-32)27-26-42(8)35(39(34)44)18-19-37-41(7)23-22-38(40(5,6)36(41)21-24-43(37,42)9)50-52(47,48)33-16-12-31(4)13-17-33/h10-17,34-39H,1,18-28H2,2-9H3/t34-,35?,36?,37?,38?,39?,41-,42+,43+,44?/m0/s1. The van der Waals surface area contributed by atoms with Crippen molar-refractivity contribution in [3.8, 4) is 0 Å². The Balaban J connectivity index is 1.15. The van der Waals surface area contributed by atoms with Gasteiger partial charge in [0.25, 0.3) is 20.2 Å². The molecule has 2 aromatic rings. The molecule has 5 aliphatic carbocycles. The molecule has 10 atom stereocenters. The van der Waals surface area contributed by atoms with Crippen LogP contribution in [0.1, 0.15) is 117 Å². The van der Waals surface area contributed by atoms with Gasteiger partial charge in [0, 0.05) is 0 Å². The number of hydrogen-bond acceptors (Lipinski definition) is 6. The fraction of sp³-hybridized carbons (Fsp3) is 0.682. The number of hydrogen-bond donors (Lipinski definition) is 0. The van der Waals surface area contributed by atoms with E-state index < -0.39 is 20.2 Å². The van der Waals surface area contributed by atoms with Crippen LogP contribution >= 0.6 is 0 Å². The van der Waals surface area contributed by atoms with E-state index in [-0.39, 0.29) is 49.6 Å². The average molecular weight is 751 g/mol. The van der Waals surface area contributed by atoms with Crippen molar-refractivity contribution < 1.29 is 25.2 Å². The molecule has 0 aromatic heterocycles. The van der Waals surface area contributed by atoms with Gasteiger partial charge in [0.15, 0.2) is 0 Å². The molecule has 0 heterocycles. The van der Waals surface area contributed by atoms with Crippen LogP contribution in [0.3, 0.4) is 0 Å². The van der Waals surface area contributed by atoms with Crippen LogP contribution in [0.2, 0.25) is 0 Å². The van der Waals surface area contributed by atoms with Gasteiger partial charge in [0.1, 0.15) is 0 Å². The molecule has 5 fully saturated rings. The lowest BCUT2D eigenvalue weighted by atomic mass is 9.32. The summed E-state index contributed by atoms with van der Waals surface area (Å²) in [5.41, 5.74) is 3.06. The molecule has 8 heteroatoms. The van der Waals surface area contributed by atoms with E-state index in [1.807, 2.05) is 38.1 Å². The number of allylic oxidation sites excluding steroid dienone is 1. The highest BCUT2D eigenvalue weighted by molar-refractivity contribution is 7.87. The van der Waals surface area contributed by atoms with Crippen LogP contribution in [0.5, 0.6) is 0 Å². The SMILES string of the molecule is C=C(C)[C@@H]1CCC2(COS(=O)(=O)c3ccc(C)cc3)CC[C@]3(C)C(CCC4[C@@]5(C)CCC(OS(=O)(=O)c6ccc(C)cc6)C(C)(C)C5CC[C@]43C)C12. The first kappa shape index (κ1) is 38.3. The molecule has 52 heavy (non-hydrogen) atoms. The van der Waals surface area contributed by atoms with E-state index >= 15 is 0 Å². The minimum Gasteiger partial charge on any atom is -0.266 e. The Labute approximate surface area is 314 Å². The van der Waals surface area contributed by atoms with Gasteiger partial charge < -0.3 is 0 Å². The Bertz CT molecular complexity index is 1920. The van der Waals surface area contributed by atoms with E-state index in [4.69, 9.17) is 8.37 Å². The molecular formula is C44H62O6S2. The smallest absolute Gasteiger partial charge is 0.266 e. The van der Waals surface area contributed by atoms with Gasteiger partial charge in [-0.3, -0.25) is 8.37 Å². The van der Waals surface area contributed by atoms with Gasteiger partial charge >= 0.3 is 0 Å². The number of rotatable bonds is 8. The third kappa shape index (κ3) is 5.82. The number of fused-ring (bicyclic) bond motifs is 7. The molecule has 5 saturated carbocycles. The normalized spacial score (nSPS) is 39.8. The van der Waals surface area contributed by atoms with Gasteiger partial charge in [-0.1, -0.05) is 82.2 Å². The number of aryl methyl sites for hydroxylation is 2. The molecule has 2 aromatic carbocycles. The van der Waals surface area contributed by atoms with Crippen LogP contribution in [-0.4, -0.2) is 29.5 Å². The minimum absolute atomic E-state index is 0.0706. The van der Waals surface area contributed by atoms with Crippen molar-refractivity contribution >= 4 is 20.2 Å². The molecule has 5 aliphatic rings. The highest BCUT2D eigenvalue weighted by atomic mass is 32.2. The van der Waals surface area contributed by atoms with Gasteiger partial charge in [-0.15, -0.1) is 0 Å². The van der Waals surface area contributed by atoms with Crippen molar-refractivity contribution in [2.75, 3.05) is 6.61 Å². The second kappa shape index (κ2) is 12.8. The first-order valence-electron chi connectivity index (χ1n) is 19.8. The minimum atomic E-state index is -3.88. The maximum atomic E-state index is 13.5. The summed E-state index contributed by atoms with van der Waals surface area (Å²) in [6.07, 6.45) is 9.83. The quantitative estimate of drug-likeness (QED) is 0.197. The monoisotopic (exact) mass is 750 g/mol. The first-order valence-corrected chi connectivity index (χ1v) is 22.6. The predicted molar refractivity (Wildman–Crippen MR) is 207 cm³/mol. The molecule has 0 radical (unpaired) electrons. The van der Waals surface area contributed by atoms with E-state index in [0.29, 0.717) is 29.6 Å².